The number of nitrogens with zero attached hydrogens (tertiary/aromatic N) is 2. The highest BCUT2D eigenvalue weighted by molar-refractivity contribution is 5.80. The highest BCUT2D eigenvalue weighted by Gasteiger charge is 2.09. The lowest BCUT2D eigenvalue weighted by Crippen LogP contribution is -2.20. The fourth-order valence-electron chi connectivity index (χ4n) is 2.23. The van der Waals surface area contributed by atoms with Crippen LogP contribution < -0.4 is 5.56 Å². The zero-order valence-corrected chi connectivity index (χ0v) is 10.9. The SMILES string of the molecule is Cc1ccc2c(=O)n(C)c(-c3ccccc3)nc2c1. The fourth-order valence-corrected chi connectivity index (χ4v) is 2.23. The van der Waals surface area contributed by atoms with Crippen LogP contribution in [-0.2, 0) is 7.05 Å². The molecule has 3 heteroatoms. The Balaban J connectivity index is 2.38. The highest BCUT2D eigenvalue weighted by Crippen LogP contribution is 2.18. The summed E-state index contributed by atoms with van der Waals surface area (Å²) in [6.45, 7) is 2.00. The molecule has 0 spiro atoms. The van der Waals surface area contributed by atoms with Gasteiger partial charge in [-0.05, 0) is 24.6 Å². The average molecular weight is 250 g/mol. The molecule has 94 valence electrons. The van der Waals surface area contributed by atoms with Crippen LogP contribution in [0, 0.1) is 6.92 Å². The summed E-state index contributed by atoms with van der Waals surface area (Å²) in [4.78, 5) is 17.0. The average Bonchev–Trinajstić information content (AvgIpc) is 2.43. The van der Waals surface area contributed by atoms with E-state index in [1.165, 1.54) is 0 Å². The fraction of sp³-hybridized carbons (Fsp3) is 0.125. The molecular formula is C16H14N2O. The lowest BCUT2D eigenvalue weighted by molar-refractivity contribution is 0.855. The van der Waals surface area contributed by atoms with Crippen molar-refractivity contribution in [3.05, 3.63) is 64.4 Å². The van der Waals surface area contributed by atoms with E-state index in [1.807, 2.05) is 55.5 Å². The first-order valence-corrected chi connectivity index (χ1v) is 6.19. The summed E-state index contributed by atoms with van der Waals surface area (Å²) in [6.07, 6.45) is 0. The van der Waals surface area contributed by atoms with Crippen molar-refractivity contribution in [2.24, 2.45) is 7.05 Å². The molecule has 1 heterocycles. The first-order valence-electron chi connectivity index (χ1n) is 6.19. The molecule has 0 unspecified atom stereocenters. The summed E-state index contributed by atoms with van der Waals surface area (Å²) in [5, 5.41) is 0.660. The molecule has 0 N–H and O–H groups in total. The molecule has 0 saturated heterocycles. The Morgan fingerprint density at radius 3 is 2.53 bits per heavy atom. The third-order valence-electron chi connectivity index (χ3n) is 3.26. The van der Waals surface area contributed by atoms with Crippen molar-refractivity contribution in [3.63, 3.8) is 0 Å². The number of aromatic nitrogens is 2. The van der Waals surface area contributed by atoms with Crippen molar-refractivity contribution < 1.29 is 0 Å². The van der Waals surface area contributed by atoms with Crippen LogP contribution in [0.2, 0.25) is 0 Å². The van der Waals surface area contributed by atoms with E-state index in [0.29, 0.717) is 11.2 Å². The van der Waals surface area contributed by atoms with Crippen molar-refractivity contribution in [3.8, 4) is 11.4 Å². The van der Waals surface area contributed by atoms with E-state index in [2.05, 4.69) is 4.98 Å². The van der Waals surface area contributed by atoms with Crippen LogP contribution in [0.3, 0.4) is 0 Å². The molecule has 0 aliphatic heterocycles. The smallest absolute Gasteiger partial charge is 0.261 e. The summed E-state index contributed by atoms with van der Waals surface area (Å²) in [5.41, 5.74) is 2.79. The number of rotatable bonds is 1. The van der Waals surface area contributed by atoms with E-state index < -0.39 is 0 Å². The van der Waals surface area contributed by atoms with Crippen LogP contribution in [0.5, 0.6) is 0 Å². The van der Waals surface area contributed by atoms with Gasteiger partial charge >= 0.3 is 0 Å². The predicted molar refractivity (Wildman–Crippen MR) is 77.2 cm³/mol. The van der Waals surface area contributed by atoms with E-state index in [4.69, 9.17) is 0 Å². The largest absolute Gasteiger partial charge is 0.295 e. The van der Waals surface area contributed by atoms with E-state index in [9.17, 15) is 4.79 Å². The number of fused-ring (bicyclic) bond motifs is 1. The third-order valence-corrected chi connectivity index (χ3v) is 3.26. The van der Waals surface area contributed by atoms with Crippen LogP contribution in [0.1, 0.15) is 5.56 Å². The Bertz CT molecular complexity index is 804. The Morgan fingerprint density at radius 2 is 1.79 bits per heavy atom. The molecule has 0 saturated carbocycles. The van der Waals surface area contributed by atoms with Gasteiger partial charge in [0.15, 0.2) is 0 Å². The van der Waals surface area contributed by atoms with Gasteiger partial charge in [-0.3, -0.25) is 9.36 Å². The molecule has 2 aromatic carbocycles. The molecule has 0 atom stereocenters. The van der Waals surface area contributed by atoms with Gasteiger partial charge in [-0.15, -0.1) is 0 Å². The van der Waals surface area contributed by atoms with E-state index in [1.54, 1.807) is 11.6 Å². The zero-order valence-electron chi connectivity index (χ0n) is 10.9. The topological polar surface area (TPSA) is 34.9 Å². The van der Waals surface area contributed by atoms with Crippen molar-refractivity contribution in [1.29, 1.82) is 0 Å². The minimum Gasteiger partial charge on any atom is -0.295 e. The number of hydrogen-bond donors (Lipinski definition) is 0. The molecule has 3 aromatic rings. The van der Waals surface area contributed by atoms with Gasteiger partial charge < -0.3 is 0 Å². The predicted octanol–water partition coefficient (Wildman–Crippen LogP) is 2.91. The van der Waals surface area contributed by atoms with Gasteiger partial charge in [0.2, 0.25) is 0 Å². The van der Waals surface area contributed by atoms with Gasteiger partial charge in [0.1, 0.15) is 5.82 Å². The lowest BCUT2D eigenvalue weighted by Gasteiger charge is -2.09. The van der Waals surface area contributed by atoms with Crippen molar-refractivity contribution in [2.45, 2.75) is 6.92 Å². The van der Waals surface area contributed by atoms with Crippen LogP contribution in [-0.4, -0.2) is 9.55 Å². The summed E-state index contributed by atoms with van der Waals surface area (Å²) < 4.78 is 1.60. The summed E-state index contributed by atoms with van der Waals surface area (Å²) in [5.74, 6) is 0.698. The second kappa shape index (κ2) is 4.35. The van der Waals surface area contributed by atoms with Gasteiger partial charge in [0.05, 0.1) is 10.9 Å². The molecule has 3 rings (SSSR count). The molecule has 0 aliphatic carbocycles. The molecule has 1 aromatic heterocycles. The number of hydrogen-bond acceptors (Lipinski definition) is 2. The molecular weight excluding hydrogens is 236 g/mol. The van der Waals surface area contributed by atoms with E-state index in [0.717, 1.165) is 16.6 Å². The maximum Gasteiger partial charge on any atom is 0.261 e. The monoisotopic (exact) mass is 250 g/mol. The first-order chi connectivity index (χ1) is 9.16. The van der Waals surface area contributed by atoms with Gasteiger partial charge in [-0.25, -0.2) is 4.98 Å². The molecule has 0 fully saturated rings. The van der Waals surface area contributed by atoms with Crippen LogP contribution in [0.25, 0.3) is 22.3 Å². The third kappa shape index (κ3) is 1.93. The van der Waals surface area contributed by atoms with E-state index in [-0.39, 0.29) is 5.56 Å². The Labute approximate surface area is 111 Å². The highest BCUT2D eigenvalue weighted by atomic mass is 16.1. The quantitative estimate of drug-likeness (QED) is 0.665. The molecule has 0 amide bonds. The standard InChI is InChI=1S/C16H14N2O/c1-11-8-9-13-14(10-11)17-15(18(2)16(13)19)12-6-4-3-5-7-12/h3-10H,1-2H3. The van der Waals surface area contributed by atoms with Crippen LogP contribution in [0.4, 0.5) is 0 Å². The van der Waals surface area contributed by atoms with Gasteiger partial charge in [-0.1, -0.05) is 36.4 Å². The second-order valence-electron chi connectivity index (χ2n) is 4.69. The molecule has 0 bridgehead atoms. The Morgan fingerprint density at radius 1 is 1.05 bits per heavy atom. The summed E-state index contributed by atoms with van der Waals surface area (Å²) in [7, 11) is 1.76. The normalized spacial score (nSPS) is 10.8. The van der Waals surface area contributed by atoms with E-state index >= 15 is 0 Å². The second-order valence-corrected chi connectivity index (χ2v) is 4.69. The molecule has 0 aliphatic rings. The number of aryl methyl sites for hydroxylation is 1. The van der Waals surface area contributed by atoms with Crippen LogP contribution >= 0.6 is 0 Å². The minimum absolute atomic E-state index is 0.0103. The van der Waals surface area contributed by atoms with Crippen molar-refractivity contribution >= 4 is 10.9 Å². The summed E-state index contributed by atoms with van der Waals surface area (Å²) in [6, 6.07) is 15.5. The van der Waals surface area contributed by atoms with Crippen LogP contribution in [0.15, 0.2) is 53.3 Å². The van der Waals surface area contributed by atoms with Gasteiger partial charge in [-0.2, -0.15) is 0 Å². The Hall–Kier alpha value is -2.42. The zero-order chi connectivity index (χ0) is 13.4. The molecule has 0 radical (unpaired) electrons. The lowest BCUT2D eigenvalue weighted by atomic mass is 10.1. The maximum atomic E-state index is 12.4. The Kier molecular flexibility index (Phi) is 2.67. The van der Waals surface area contributed by atoms with Crippen molar-refractivity contribution in [1.82, 2.24) is 9.55 Å². The first kappa shape index (κ1) is 11.7. The maximum absolute atomic E-state index is 12.4. The number of benzene rings is 2. The minimum atomic E-state index is -0.0103. The molecule has 3 nitrogen and oxygen atoms in total. The van der Waals surface area contributed by atoms with Gasteiger partial charge in [0.25, 0.3) is 5.56 Å². The van der Waals surface area contributed by atoms with Gasteiger partial charge in [0, 0.05) is 12.6 Å². The van der Waals surface area contributed by atoms with Crippen molar-refractivity contribution in [2.75, 3.05) is 0 Å². The molecule has 19 heavy (non-hydrogen) atoms. The summed E-state index contributed by atoms with van der Waals surface area (Å²) >= 11 is 0.